The second kappa shape index (κ2) is 5.89. The molecule has 0 spiro atoms. The van der Waals surface area contributed by atoms with Gasteiger partial charge in [-0.05, 0) is 43.3 Å². The van der Waals surface area contributed by atoms with Gasteiger partial charge in [0.15, 0.2) is 0 Å². The van der Waals surface area contributed by atoms with E-state index in [1.165, 1.54) is 0 Å². The van der Waals surface area contributed by atoms with E-state index in [-0.39, 0.29) is 5.91 Å². The van der Waals surface area contributed by atoms with Crippen molar-refractivity contribution in [2.45, 2.75) is 13.5 Å². The molecule has 22 heavy (non-hydrogen) atoms. The van der Waals surface area contributed by atoms with E-state index in [2.05, 4.69) is 4.98 Å². The second-order valence-electron chi connectivity index (χ2n) is 5.11. The molecular weight excluding hydrogens is 278 g/mol. The fourth-order valence-electron chi connectivity index (χ4n) is 2.40. The Morgan fingerprint density at radius 2 is 2.14 bits per heavy atom. The zero-order valence-electron chi connectivity index (χ0n) is 12.6. The molecule has 3 rings (SSSR count). The van der Waals surface area contributed by atoms with Gasteiger partial charge in [-0.2, -0.15) is 0 Å². The van der Waals surface area contributed by atoms with E-state index in [9.17, 15) is 4.79 Å². The Balaban J connectivity index is 1.88. The first-order valence-corrected chi connectivity index (χ1v) is 7.04. The minimum atomic E-state index is -0.0651. The van der Waals surface area contributed by atoms with Crippen LogP contribution in [0, 0.1) is 6.92 Å². The minimum absolute atomic E-state index is 0.0651. The van der Waals surface area contributed by atoms with Crippen LogP contribution >= 0.6 is 0 Å². The summed E-state index contributed by atoms with van der Waals surface area (Å²) in [6, 6.07) is 11.2. The maximum Gasteiger partial charge on any atom is 0.270 e. The quantitative estimate of drug-likeness (QED) is 0.743. The van der Waals surface area contributed by atoms with Crippen molar-refractivity contribution in [3.8, 4) is 5.69 Å². The molecule has 0 aliphatic rings. The van der Waals surface area contributed by atoms with Gasteiger partial charge in [-0.25, -0.2) is 0 Å². The molecular formula is C17H17N3O2. The minimum Gasteiger partial charge on any atom is -0.467 e. The van der Waals surface area contributed by atoms with Crippen LogP contribution in [-0.2, 0) is 6.54 Å². The Labute approximate surface area is 128 Å². The summed E-state index contributed by atoms with van der Waals surface area (Å²) < 4.78 is 7.16. The molecule has 112 valence electrons. The number of amides is 1. The first-order valence-electron chi connectivity index (χ1n) is 7.04. The Kier molecular flexibility index (Phi) is 3.78. The van der Waals surface area contributed by atoms with Crippen LogP contribution in [0.15, 0.2) is 59.5 Å². The molecule has 0 saturated heterocycles. The number of carbonyl (C=O) groups excluding carboxylic acids is 1. The van der Waals surface area contributed by atoms with Gasteiger partial charge in [-0.15, -0.1) is 0 Å². The van der Waals surface area contributed by atoms with Crippen LogP contribution in [0.1, 0.15) is 21.9 Å². The van der Waals surface area contributed by atoms with Gasteiger partial charge in [-0.3, -0.25) is 9.78 Å². The van der Waals surface area contributed by atoms with Crippen LogP contribution in [0.5, 0.6) is 0 Å². The Hall–Kier alpha value is -2.82. The van der Waals surface area contributed by atoms with Gasteiger partial charge in [-0.1, -0.05) is 0 Å². The third-order valence-electron chi connectivity index (χ3n) is 3.53. The molecule has 0 radical (unpaired) electrons. The van der Waals surface area contributed by atoms with Crippen LogP contribution in [0.25, 0.3) is 5.69 Å². The number of pyridine rings is 1. The number of aryl methyl sites for hydroxylation is 1. The molecule has 1 amide bonds. The number of aromatic nitrogens is 2. The van der Waals surface area contributed by atoms with Crippen molar-refractivity contribution in [1.82, 2.24) is 14.5 Å². The van der Waals surface area contributed by atoms with E-state index in [4.69, 9.17) is 4.42 Å². The zero-order chi connectivity index (χ0) is 15.5. The van der Waals surface area contributed by atoms with E-state index >= 15 is 0 Å². The maximum absolute atomic E-state index is 12.7. The number of hydrogen-bond acceptors (Lipinski definition) is 3. The molecule has 3 aromatic rings. The number of rotatable bonds is 4. The Morgan fingerprint density at radius 1 is 1.27 bits per heavy atom. The van der Waals surface area contributed by atoms with Gasteiger partial charge < -0.3 is 13.9 Å². The first-order chi connectivity index (χ1) is 10.7. The SMILES string of the molecule is Cc1ncccc1-n1cccc1C(=O)N(C)Cc1ccco1. The van der Waals surface area contributed by atoms with Crippen molar-refractivity contribution in [3.05, 3.63) is 72.2 Å². The highest BCUT2D eigenvalue weighted by atomic mass is 16.3. The number of furan rings is 1. The van der Waals surface area contributed by atoms with E-state index < -0.39 is 0 Å². The molecule has 0 bridgehead atoms. The van der Waals surface area contributed by atoms with Crippen LogP contribution in [-0.4, -0.2) is 27.4 Å². The molecule has 0 aromatic carbocycles. The lowest BCUT2D eigenvalue weighted by atomic mass is 10.3. The smallest absolute Gasteiger partial charge is 0.270 e. The summed E-state index contributed by atoms with van der Waals surface area (Å²) in [6.07, 6.45) is 5.22. The molecule has 0 aliphatic heterocycles. The number of nitrogens with zero attached hydrogens (tertiary/aromatic N) is 3. The van der Waals surface area contributed by atoms with Gasteiger partial charge in [0, 0.05) is 19.4 Å². The third-order valence-corrected chi connectivity index (χ3v) is 3.53. The van der Waals surface area contributed by atoms with Gasteiger partial charge in [0.05, 0.1) is 24.2 Å². The Morgan fingerprint density at radius 3 is 2.86 bits per heavy atom. The van der Waals surface area contributed by atoms with Crippen LogP contribution in [0.2, 0.25) is 0 Å². The van der Waals surface area contributed by atoms with E-state index in [0.717, 1.165) is 17.1 Å². The average molecular weight is 295 g/mol. The van der Waals surface area contributed by atoms with E-state index in [1.54, 1.807) is 24.4 Å². The molecule has 0 unspecified atom stereocenters. The highest BCUT2D eigenvalue weighted by molar-refractivity contribution is 5.93. The average Bonchev–Trinajstić information content (AvgIpc) is 3.18. The van der Waals surface area contributed by atoms with Crippen molar-refractivity contribution in [2.75, 3.05) is 7.05 Å². The first kappa shape index (κ1) is 14.1. The molecule has 0 atom stereocenters. The van der Waals surface area contributed by atoms with Crippen molar-refractivity contribution in [2.24, 2.45) is 0 Å². The van der Waals surface area contributed by atoms with Crippen molar-refractivity contribution < 1.29 is 9.21 Å². The van der Waals surface area contributed by atoms with Crippen LogP contribution in [0.3, 0.4) is 0 Å². The molecule has 3 heterocycles. The molecule has 0 fully saturated rings. The van der Waals surface area contributed by atoms with Crippen LogP contribution in [0.4, 0.5) is 0 Å². The van der Waals surface area contributed by atoms with Crippen molar-refractivity contribution in [1.29, 1.82) is 0 Å². The molecule has 0 saturated carbocycles. The van der Waals surface area contributed by atoms with Crippen molar-refractivity contribution >= 4 is 5.91 Å². The van der Waals surface area contributed by atoms with E-state index in [0.29, 0.717) is 12.2 Å². The van der Waals surface area contributed by atoms with E-state index in [1.807, 2.05) is 54.1 Å². The predicted octanol–water partition coefficient (Wildman–Crippen LogP) is 3.05. The monoisotopic (exact) mass is 295 g/mol. The fraction of sp³-hybridized carbons (Fsp3) is 0.176. The van der Waals surface area contributed by atoms with Gasteiger partial charge in [0.25, 0.3) is 5.91 Å². The Bertz CT molecular complexity index is 775. The van der Waals surface area contributed by atoms with Gasteiger partial charge >= 0.3 is 0 Å². The zero-order valence-corrected chi connectivity index (χ0v) is 12.6. The summed E-state index contributed by atoms with van der Waals surface area (Å²) in [7, 11) is 1.76. The summed E-state index contributed by atoms with van der Waals surface area (Å²) in [5.41, 5.74) is 2.38. The van der Waals surface area contributed by atoms with Crippen molar-refractivity contribution in [3.63, 3.8) is 0 Å². The predicted molar refractivity (Wildman–Crippen MR) is 82.8 cm³/mol. The fourth-order valence-corrected chi connectivity index (χ4v) is 2.40. The maximum atomic E-state index is 12.7. The molecule has 0 aliphatic carbocycles. The standard InChI is InChI=1S/C17H17N3O2/c1-13-15(7-3-9-18-13)20-10-4-8-16(20)17(21)19(2)12-14-6-5-11-22-14/h3-11H,12H2,1-2H3. The highest BCUT2D eigenvalue weighted by Gasteiger charge is 2.18. The number of hydrogen-bond donors (Lipinski definition) is 0. The molecule has 3 aromatic heterocycles. The summed E-state index contributed by atoms with van der Waals surface area (Å²) in [4.78, 5) is 18.6. The second-order valence-corrected chi connectivity index (χ2v) is 5.11. The summed E-state index contributed by atoms with van der Waals surface area (Å²) in [5, 5.41) is 0. The van der Waals surface area contributed by atoms with Crippen LogP contribution < -0.4 is 0 Å². The lowest BCUT2D eigenvalue weighted by Gasteiger charge is -2.18. The lowest BCUT2D eigenvalue weighted by molar-refractivity contribution is 0.0767. The molecule has 5 heteroatoms. The highest BCUT2D eigenvalue weighted by Crippen LogP contribution is 2.17. The molecule has 0 N–H and O–H groups in total. The van der Waals surface area contributed by atoms with Gasteiger partial charge in [0.1, 0.15) is 11.5 Å². The topological polar surface area (TPSA) is 51.3 Å². The summed E-state index contributed by atoms with van der Waals surface area (Å²) >= 11 is 0. The largest absolute Gasteiger partial charge is 0.467 e. The summed E-state index contributed by atoms with van der Waals surface area (Å²) in [5.74, 6) is 0.691. The van der Waals surface area contributed by atoms with Gasteiger partial charge in [0.2, 0.25) is 0 Å². The lowest BCUT2D eigenvalue weighted by Crippen LogP contribution is -2.28. The number of carbonyl (C=O) groups is 1. The summed E-state index contributed by atoms with van der Waals surface area (Å²) in [6.45, 7) is 2.36. The normalized spacial score (nSPS) is 10.6. The molecule has 5 nitrogen and oxygen atoms in total. The third kappa shape index (κ3) is 2.65.